The molecule has 0 saturated carbocycles. The van der Waals surface area contributed by atoms with E-state index in [4.69, 9.17) is 5.73 Å². The van der Waals surface area contributed by atoms with Gasteiger partial charge in [0.15, 0.2) is 0 Å². The Morgan fingerprint density at radius 1 is 1.14 bits per heavy atom. The summed E-state index contributed by atoms with van der Waals surface area (Å²) >= 11 is 0. The molecule has 4 heteroatoms. The van der Waals surface area contributed by atoms with Gasteiger partial charge in [-0.1, -0.05) is 37.3 Å². The topological polar surface area (TPSA) is 67.2 Å². The average molecular weight is 283 g/mol. The van der Waals surface area contributed by atoms with E-state index in [0.717, 1.165) is 34.5 Å². The summed E-state index contributed by atoms with van der Waals surface area (Å²) in [7, 11) is 0. The van der Waals surface area contributed by atoms with Crippen LogP contribution in [0.4, 0.5) is 16.2 Å². The summed E-state index contributed by atoms with van der Waals surface area (Å²) in [6.45, 7) is 4.52. The number of para-hydroxylation sites is 1. The molecule has 2 rings (SSSR count). The SMILES string of the molecule is CCc1cccc(C)c1NC(=O)Nc1cccc(CN)c1. The van der Waals surface area contributed by atoms with Gasteiger partial charge in [-0.05, 0) is 42.2 Å². The van der Waals surface area contributed by atoms with Crippen LogP contribution in [0.1, 0.15) is 23.6 Å². The van der Waals surface area contributed by atoms with E-state index < -0.39 is 0 Å². The van der Waals surface area contributed by atoms with Gasteiger partial charge in [0, 0.05) is 17.9 Å². The molecule has 4 nitrogen and oxygen atoms in total. The van der Waals surface area contributed by atoms with Crippen LogP contribution in [-0.2, 0) is 13.0 Å². The number of benzene rings is 2. The lowest BCUT2D eigenvalue weighted by atomic mass is 10.1. The molecule has 21 heavy (non-hydrogen) atoms. The summed E-state index contributed by atoms with van der Waals surface area (Å²) in [5, 5.41) is 5.77. The summed E-state index contributed by atoms with van der Waals surface area (Å²) in [5.74, 6) is 0. The molecule has 4 N–H and O–H groups in total. The average Bonchev–Trinajstić information content (AvgIpc) is 2.49. The highest BCUT2D eigenvalue weighted by Gasteiger charge is 2.08. The van der Waals surface area contributed by atoms with Crippen LogP contribution < -0.4 is 16.4 Å². The Morgan fingerprint density at radius 2 is 1.90 bits per heavy atom. The Bertz CT molecular complexity index is 638. The molecule has 0 bridgehead atoms. The summed E-state index contributed by atoms with van der Waals surface area (Å²) in [6.07, 6.45) is 0.875. The first-order valence-electron chi connectivity index (χ1n) is 7.09. The van der Waals surface area contributed by atoms with Crippen LogP contribution in [0.2, 0.25) is 0 Å². The number of anilines is 2. The molecule has 2 amide bonds. The second-order valence-corrected chi connectivity index (χ2v) is 4.95. The first kappa shape index (κ1) is 15.1. The number of carbonyl (C=O) groups excluding carboxylic acids is 1. The highest BCUT2D eigenvalue weighted by Crippen LogP contribution is 2.21. The highest BCUT2D eigenvalue weighted by atomic mass is 16.2. The first-order chi connectivity index (χ1) is 10.1. The molecule has 0 atom stereocenters. The minimum absolute atomic E-state index is 0.242. The van der Waals surface area contributed by atoms with Gasteiger partial charge in [-0.3, -0.25) is 0 Å². The van der Waals surface area contributed by atoms with Gasteiger partial charge in [0.2, 0.25) is 0 Å². The maximum atomic E-state index is 12.1. The molecular weight excluding hydrogens is 262 g/mol. The number of urea groups is 1. The van der Waals surface area contributed by atoms with Crippen molar-refractivity contribution in [3.63, 3.8) is 0 Å². The number of aryl methyl sites for hydroxylation is 2. The van der Waals surface area contributed by atoms with Gasteiger partial charge in [-0.25, -0.2) is 4.79 Å². The van der Waals surface area contributed by atoms with Crippen molar-refractivity contribution in [3.8, 4) is 0 Å². The molecule has 110 valence electrons. The smallest absolute Gasteiger partial charge is 0.323 e. The van der Waals surface area contributed by atoms with Gasteiger partial charge in [0.1, 0.15) is 0 Å². The largest absolute Gasteiger partial charge is 0.326 e. The third-order valence-corrected chi connectivity index (χ3v) is 3.40. The van der Waals surface area contributed by atoms with Crippen molar-refractivity contribution < 1.29 is 4.79 Å². The minimum atomic E-state index is -0.242. The van der Waals surface area contributed by atoms with Gasteiger partial charge in [0.05, 0.1) is 0 Å². The van der Waals surface area contributed by atoms with Crippen LogP contribution >= 0.6 is 0 Å². The van der Waals surface area contributed by atoms with E-state index in [2.05, 4.69) is 17.6 Å². The Morgan fingerprint density at radius 3 is 2.62 bits per heavy atom. The van der Waals surface area contributed by atoms with Gasteiger partial charge in [0.25, 0.3) is 0 Å². The molecule has 0 spiro atoms. The molecule has 0 aromatic heterocycles. The van der Waals surface area contributed by atoms with E-state index in [1.165, 1.54) is 0 Å². The van der Waals surface area contributed by atoms with Crippen LogP contribution in [0.5, 0.6) is 0 Å². The van der Waals surface area contributed by atoms with Gasteiger partial charge < -0.3 is 16.4 Å². The predicted octanol–water partition coefficient (Wildman–Crippen LogP) is 3.66. The lowest BCUT2D eigenvalue weighted by Crippen LogP contribution is -2.21. The quantitative estimate of drug-likeness (QED) is 0.801. The lowest BCUT2D eigenvalue weighted by molar-refractivity contribution is 0.262. The molecule has 0 aliphatic heterocycles. The van der Waals surface area contributed by atoms with Gasteiger partial charge in [-0.15, -0.1) is 0 Å². The third kappa shape index (κ3) is 3.83. The number of nitrogens with one attached hydrogen (secondary N) is 2. The number of hydrogen-bond acceptors (Lipinski definition) is 2. The molecule has 0 saturated heterocycles. The second-order valence-electron chi connectivity index (χ2n) is 4.95. The van der Waals surface area contributed by atoms with Crippen molar-refractivity contribution in [2.75, 3.05) is 10.6 Å². The Balaban J connectivity index is 2.11. The van der Waals surface area contributed by atoms with Gasteiger partial charge >= 0.3 is 6.03 Å². The first-order valence-corrected chi connectivity index (χ1v) is 7.09. The summed E-state index contributed by atoms with van der Waals surface area (Å²) in [6, 6.07) is 13.3. The Hall–Kier alpha value is -2.33. The van der Waals surface area contributed by atoms with Crippen molar-refractivity contribution in [1.82, 2.24) is 0 Å². The zero-order valence-corrected chi connectivity index (χ0v) is 12.4. The molecule has 0 radical (unpaired) electrons. The molecule has 0 heterocycles. The van der Waals surface area contributed by atoms with Crippen LogP contribution in [-0.4, -0.2) is 6.03 Å². The summed E-state index contributed by atoms with van der Waals surface area (Å²) in [4.78, 5) is 12.1. The maximum absolute atomic E-state index is 12.1. The van der Waals surface area contributed by atoms with Crippen molar-refractivity contribution in [1.29, 1.82) is 0 Å². The minimum Gasteiger partial charge on any atom is -0.326 e. The molecule has 2 aromatic rings. The summed E-state index contributed by atoms with van der Waals surface area (Å²) < 4.78 is 0. The molecule has 0 unspecified atom stereocenters. The van der Waals surface area contributed by atoms with Crippen LogP contribution in [0.3, 0.4) is 0 Å². The van der Waals surface area contributed by atoms with Crippen molar-refractivity contribution >= 4 is 17.4 Å². The lowest BCUT2D eigenvalue weighted by Gasteiger charge is -2.14. The van der Waals surface area contributed by atoms with E-state index in [9.17, 15) is 4.79 Å². The number of hydrogen-bond donors (Lipinski definition) is 3. The fourth-order valence-electron chi connectivity index (χ4n) is 2.25. The fraction of sp³-hybridized carbons (Fsp3) is 0.235. The van der Waals surface area contributed by atoms with E-state index in [-0.39, 0.29) is 6.03 Å². The molecule has 0 aliphatic rings. The molecular formula is C17H21N3O. The second kappa shape index (κ2) is 6.90. The van der Waals surface area contributed by atoms with Crippen LogP contribution in [0.25, 0.3) is 0 Å². The maximum Gasteiger partial charge on any atom is 0.323 e. The zero-order valence-electron chi connectivity index (χ0n) is 12.4. The van der Waals surface area contributed by atoms with Crippen molar-refractivity contribution in [2.24, 2.45) is 5.73 Å². The molecule has 0 fully saturated rings. The molecule has 2 aromatic carbocycles. The number of carbonyl (C=O) groups is 1. The standard InChI is InChI=1S/C17H21N3O/c1-3-14-8-4-6-12(2)16(14)20-17(21)19-15-9-5-7-13(10-15)11-18/h4-10H,3,11,18H2,1-2H3,(H2,19,20,21). The van der Waals surface area contributed by atoms with E-state index >= 15 is 0 Å². The van der Waals surface area contributed by atoms with Crippen molar-refractivity contribution in [3.05, 3.63) is 59.2 Å². The highest BCUT2D eigenvalue weighted by molar-refractivity contribution is 6.00. The molecule has 0 aliphatic carbocycles. The predicted molar refractivity (Wildman–Crippen MR) is 87.5 cm³/mol. The monoisotopic (exact) mass is 283 g/mol. The van der Waals surface area contributed by atoms with E-state index in [1.807, 2.05) is 49.4 Å². The Kier molecular flexibility index (Phi) is 4.95. The van der Waals surface area contributed by atoms with E-state index in [0.29, 0.717) is 6.54 Å². The third-order valence-electron chi connectivity index (χ3n) is 3.40. The Labute approximate surface area is 125 Å². The van der Waals surface area contributed by atoms with Crippen molar-refractivity contribution in [2.45, 2.75) is 26.8 Å². The van der Waals surface area contributed by atoms with Gasteiger partial charge in [-0.2, -0.15) is 0 Å². The zero-order chi connectivity index (χ0) is 15.2. The number of nitrogens with two attached hydrogens (primary N) is 1. The van der Waals surface area contributed by atoms with Crippen LogP contribution in [0, 0.1) is 6.92 Å². The van der Waals surface area contributed by atoms with Crippen LogP contribution in [0.15, 0.2) is 42.5 Å². The number of amides is 2. The summed E-state index contributed by atoms with van der Waals surface area (Å²) in [5.41, 5.74) is 10.4. The normalized spacial score (nSPS) is 10.2. The van der Waals surface area contributed by atoms with E-state index in [1.54, 1.807) is 0 Å². The fourth-order valence-corrected chi connectivity index (χ4v) is 2.25. The number of rotatable bonds is 4.